The third-order valence-corrected chi connectivity index (χ3v) is 3.98. The van der Waals surface area contributed by atoms with Gasteiger partial charge >= 0.3 is 12.1 Å². The number of carbonyl (C=O) groups excluding carboxylic acids is 2. The van der Waals surface area contributed by atoms with E-state index in [0.717, 1.165) is 0 Å². The number of piperazine rings is 1. The van der Waals surface area contributed by atoms with Crippen molar-refractivity contribution in [3.63, 3.8) is 0 Å². The SMILES string of the molecule is C[C@@H]1CN(C(=O)Nc2ccccn2)CCN1C(=O)Nc1ccccn1. The lowest BCUT2D eigenvalue weighted by molar-refractivity contribution is 0.124. The van der Waals surface area contributed by atoms with Crippen molar-refractivity contribution in [2.24, 2.45) is 0 Å². The minimum Gasteiger partial charge on any atom is -0.321 e. The summed E-state index contributed by atoms with van der Waals surface area (Å²) in [5.74, 6) is 1.02. The monoisotopic (exact) mass is 340 g/mol. The lowest BCUT2D eigenvalue weighted by Gasteiger charge is -2.39. The lowest BCUT2D eigenvalue weighted by Crippen LogP contribution is -2.57. The molecule has 1 atom stereocenters. The van der Waals surface area contributed by atoms with E-state index in [0.29, 0.717) is 31.3 Å². The van der Waals surface area contributed by atoms with Crippen molar-refractivity contribution in [3.05, 3.63) is 48.8 Å². The first kappa shape index (κ1) is 16.7. The summed E-state index contributed by atoms with van der Waals surface area (Å²) in [6.45, 7) is 3.28. The Labute approximate surface area is 145 Å². The zero-order valence-electron chi connectivity index (χ0n) is 13.9. The van der Waals surface area contributed by atoms with Crippen LogP contribution in [0.3, 0.4) is 0 Å². The molecular weight excluding hydrogens is 320 g/mol. The van der Waals surface area contributed by atoms with E-state index < -0.39 is 0 Å². The molecule has 3 heterocycles. The summed E-state index contributed by atoms with van der Waals surface area (Å²) < 4.78 is 0. The first-order valence-corrected chi connectivity index (χ1v) is 8.09. The van der Waals surface area contributed by atoms with Gasteiger partial charge in [0.15, 0.2) is 0 Å². The van der Waals surface area contributed by atoms with E-state index in [9.17, 15) is 9.59 Å². The van der Waals surface area contributed by atoms with Crippen molar-refractivity contribution < 1.29 is 9.59 Å². The summed E-state index contributed by atoms with van der Waals surface area (Å²) in [5, 5.41) is 5.54. The molecule has 0 aromatic carbocycles. The molecule has 25 heavy (non-hydrogen) atoms. The number of hydrogen-bond acceptors (Lipinski definition) is 4. The number of aromatic nitrogens is 2. The number of amides is 4. The predicted octanol–water partition coefficient (Wildman–Crippen LogP) is 2.25. The van der Waals surface area contributed by atoms with Crippen LogP contribution in [-0.2, 0) is 0 Å². The summed E-state index contributed by atoms with van der Waals surface area (Å²) in [6.07, 6.45) is 3.25. The fourth-order valence-corrected chi connectivity index (χ4v) is 2.69. The molecule has 8 nitrogen and oxygen atoms in total. The maximum atomic E-state index is 12.4. The molecule has 0 bridgehead atoms. The molecule has 0 unspecified atom stereocenters. The highest BCUT2D eigenvalue weighted by molar-refractivity contribution is 5.90. The van der Waals surface area contributed by atoms with Crippen LogP contribution in [0.5, 0.6) is 0 Å². The number of nitrogens with one attached hydrogen (secondary N) is 2. The van der Waals surface area contributed by atoms with Gasteiger partial charge in [-0.3, -0.25) is 10.6 Å². The van der Waals surface area contributed by atoms with Crippen LogP contribution >= 0.6 is 0 Å². The third kappa shape index (κ3) is 4.23. The normalized spacial score (nSPS) is 17.1. The van der Waals surface area contributed by atoms with Crippen molar-refractivity contribution in [2.45, 2.75) is 13.0 Å². The van der Waals surface area contributed by atoms with E-state index in [1.165, 1.54) is 0 Å². The third-order valence-electron chi connectivity index (χ3n) is 3.98. The van der Waals surface area contributed by atoms with E-state index in [4.69, 9.17) is 0 Å². The van der Waals surface area contributed by atoms with Crippen LogP contribution in [-0.4, -0.2) is 57.5 Å². The highest BCUT2D eigenvalue weighted by Gasteiger charge is 2.30. The summed E-state index contributed by atoms with van der Waals surface area (Å²) >= 11 is 0. The van der Waals surface area contributed by atoms with Crippen LogP contribution in [0.2, 0.25) is 0 Å². The number of urea groups is 2. The molecule has 1 aliphatic rings. The number of hydrogen-bond donors (Lipinski definition) is 2. The van der Waals surface area contributed by atoms with E-state index in [-0.39, 0.29) is 18.1 Å². The predicted molar refractivity (Wildman–Crippen MR) is 94.3 cm³/mol. The Hall–Kier alpha value is -3.16. The topological polar surface area (TPSA) is 90.5 Å². The van der Waals surface area contributed by atoms with Crippen LogP contribution in [0.4, 0.5) is 21.2 Å². The van der Waals surface area contributed by atoms with Gasteiger partial charge in [-0.05, 0) is 31.2 Å². The second-order valence-corrected chi connectivity index (χ2v) is 5.78. The number of anilines is 2. The van der Waals surface area contributed by atoms with Crippen LogP contribution in [0.1, 0.15) is 6.92 Å². The zero-order chi connectivity index (χ0) is 17.6. The smallest absolute Gasteiger partial charge is 0.321 e. The molecule has 0 saturated carbocycles. The van der Waals surface area contributed by atoms with E-state index in [2.05, 4.69) is 20.6 Å². The summed E-state index contributed by atoms with van der Waals surface area (Å²) in [4.78, 5) is 36.3. The van der Waals surface area contributed by atoms with Gasteiger partial charge < -0.3 is 9.80 Å². The van der Waals surface area contributed by atoms with E-state index >= 15 is 0 Å². The molecule has 0 spiro atoms. The van der Waals surface area contributed by atoms with Gasteiger partial charge in [-0.2, -0.15) is 0 Å². The Morgan fingerprint density at radius 2 is 1.56 bits per heavy atom. The highest BCUT2D eigenvalue weighted by Crippen LogP contribution is 2.13. The van der Waals surface area contributed by atoms with Gasteiger partial charge in [0, 0.05) is 38.1 Å². The molecule has 2 aromatic rings. The number of carbonyl (C=O) groups is 2. The van der Waals surface area contributed by atoms with Crippen molar-refractivity contribution in [2.75, 3.05) is 30.3 Å². The Morgan fingerprint density at radius 1 is 0.960 bits per heavy atom. The summed E-state index contributed by atoms with van der Waals surface area (Å²) in [6, 6.07) is 10.1. The van der Waals surface area contributed by atoms with Crippen molar-refractivity contribution >= 4 is 23.7 Å². The van der Waals surface area contributed by atoms with Crippen LogP contribution in [0.25, 0.3) is 0 Å². The average molecular weight is 340 g/mol. The van der Waals surface area contributed by atoms with Gasteiger partial charge in [-0.15, -0.1) is 0 Å². The van der Waals surface area contributed by atoms with E-state index in [1.54, 1.807) is 46.5 Å². The fourth-order valence-electron chi connectivity index (χ4n) is 2.69. The molecule has 8 heteroatoms. The number of rotatable bonds is 2. The van der Waals surface area contributed by atoms with Gasteiger partial charge in [0.2, 0.25) is 0 Å². The standard InChI is InChI=1S/C17H20N6O2/c1-13-12-22(16(24)20-14-6-2-4-8-18-14)10-11-23(13)17(25)21-15-7-3-5-9-19-15/h2-9,13H,10-12H2,1H3,(H,18,20,24)(H,19,21,25)/t13-/m1/s1. The Kier molecular flexibility index (Phi) is 5.08. The molecule has 130 valence electrons. The van der Waals surface area contributed by atoms with Gasteiger partial charge in [0.25, 0.3) is 0 Å². The maximum absolute atomic E-state index is 12.4. The van der Waals surface area contributed by atoms with Crippen molar-refractivity contribution in [3.8, 4) is 0 Å². The minimum atomic E-state index is -0.213. The van der Waals surface area contributed by atoms with Crippen LogP contribution in [0, 0.1) is 0 Å². The first-order chi connectivity index (χ1) is 12.1. The molecule has 2 aromatic heterocycles. The largest absolute Gasteiger partial charge is 0.323 e. The number of nitrogens with zero attached hydrogens (tertiary/aromatic N) is 4. The molecule has 1 saturated heterocycles. The molecule has 1 aliphatic heterocycles. The summed E-state index contributed by atoms with van der Waals surface area (Å²) in [5.41, 5.74) is 0. The minimum absolute atomic E-state index is 0.105. The van der Waals surface area contributed by atoms with Crippen molar-refractivity contribution in [1.82, 2.24) is 19.8 Å². The van der Waals surface area contributed by atoms with Gasteiger partial charge in [0.05, 0.1) is 0 Å². The van der Waals surface area contributed by atoms with Crippen LogP contribution in [0.15, 0.2) is 48.8 Å². The van der Waals surface area contributed by atoms with Gasteiger partial charge in [-0.1, -0.05) is 12.1 Å². The Morgan fingerprint density at radius 3 is 2.08 bits per heavy atom. The molecule has 3 rings (SSSR count). The van der Waals surface area contributed by atoms with Crippen molar-refractivity contribution in [1.29, 1.82) is 0 Å². The van der Waals surface area contributed by atoms with Gasteiger partial charge in [-0.25, -0.2) is 19.6 Å². The number of pyridine rings is 2. The quantitative estimate of drug-likeness (QED) is 0.877. The Balaban J connectivity index is 1.55. The highest BCUT2D eigenvalue weighted by atomic mass is 16.2. The van der Waals surface area contributed by atoms with E-state index in [1.807, 2.05) is 19.1 Å². The summed E-state index contributed by atoms with van der Waals surface area (Å²) in [7, 11) is 0. The maximum Gasteiger partial charge on any atom is 0.323 e. The first-order valence-electron chi connectivity index (χ1n) is 8.09. The molecule has 4 amide bonds. The molecule has 2 N–H and O–H groups in total. The lowest BCUT2D eigenvalue weighted by atomic mass is 10.2. The molecule has 0 radical (unpaired) electrons. The molecule has 0 aliphatic carbocycles. The van der Waals surface area contributed by atoms with Crippen LogP contribution < -0.4 is 10.6 Å². The molecule has 1 fully saturated rings. The molecular formula is C17H20N6O2. The van der Waals surface area contributed by atoms with Gasteiger partial charge in [0.1, 0.15) is 11.6 Å². The second-order valence-electron chi connectivity index (χ2n) is 5.78. The second kappa shape index (κ2) is 7.61. The Bertz CT molecular complexity index is 724. The average Bonchev–Trinajstić information content (AvgIpc) is 2.63. The zero-order valence-corrected chi connectivity index (χ0v) is 13.9. The fraction of sp³-hybridized carbons (Fsp3) is 0.294.